The van der Waals surface area contributed by atoms with E-state index in [1.807, 2.05) is 25.1 Å². The Bertz CT molecular complexity index is 1160. The molecule has 7 nitrogen and oxygen atoms in total. The zero-order valence-electron chi connectivity index (χ0n) is 18.7. The zero-order chi connectivity index (χ0) is 23.0. The molecule has 0 radical (unpaired) electrons. The summed E-state index contributed by atoms with van der Waals surface area (Å²) in [6, 6.07) is 12.8. The van der Waals surface area contributed by atoms with E-state index < -0.39 is 10.0 Å². The van der Waals surface area contributed by atoms with Crippen LogP contribution >= 0.6 is 0 Å². The van der Waals surface area contributed by atoms with Gasteiger partial charge in [0.05, 0.1) is 17.5 Å². The van der Waals surface area contributed by atoms with Crippen LogP contribution in [0.4, 0.5) is 5.69 Å². The fourth-order valence-electron chi connectivity index (χ4n) is 4.86. The van der Waals surface area contributed by atoms with Crippen molar-refractivity contribution in [2.24, 2.45) is 0 Å². The normalized spacial score (nSPS) is 20.1. The van der Waals surface area contributed by atoms with Gasteiger partial charge >= 0.3 is 0 Å². The van der Waals surface area contributed by atoms with Crippen LogP contribution in [-0.4, -0.2) is 44.2 Å². The van der Waals surface area contributed by atoms with E-state index in [0.717, 1.165) is 40.4 Å². The summed E-state index contributed by atoms with van der Waals surface area (Å²) >= 11 is 0. The van der Waals surface area contributed by atoms with E-state index in [4.69, 9.17) is 0 Å². The summed E-state index contributed by atoms with van der Waals surface area (Å²) in [7, 11) is -2.42. The number of nitrogens with zero attached hydrogens (tertiary/aromatic N) is 2. The lowest BCUT2D eigenvalue weighted by atomic mass is 9.88. The molecular formula is C24H29N3O4S. The molecule has 1 heterocycles. The second kappa shape index (κ2) is 8.67. The molecule has 0 fully saturated rings. The summed E-state index contributed by atoms with van der Waals surface area (Å²) in [5, 5.41) is 3.01. The van der Waals surface area contributed by atoms with E-state index >= 15 is 0 Å². The fourth-order valence-corrected chi connectivity index (χ4v) is 6.04. The third-order valence-electron chi connectivity index (χ3n) is 6.38. The first-order valence-corrected chi connectivity index (χ1v) is 12.4. The van der Waals surface area contributed by atoms with E-state index in [1.54, 1.807) is 17.0 Å². The van der Waals surface area contributed by atoms with E-state index in [-0.39, 0.29) is 35.3 Å². The molecule has 2 aromatic rings. The molecule has 170 valence electrons. The molecule has 2 amide bonds. The number of nitrogens with one attached hydrogen (secondary N) is 1. The van der Waals surface area contributed by atoms with Crippen LogP contribution in [0.5, 0.6) is 0 Å². The minimum absolute atomic E-state index is 0.0117. The van der Waals surface area contributed by atoms with Gasteiger partial charge in [0.15, 0.2) is 0 Å². The standard InChI is InChI=1S/C24H29N3O4S/c1-16-13-19-14-20(11-12-23(19)27(16)17(2)28)32(30,31)26(3)15-24(29)25-22-10-6-8-18-7-4-5-9-21(18)22/h4-5,7,9,11-12,14,16,22H,6,8,10,13,15H2,1-3H3,(H,25,29)/t16-,22+/m0/s1. The van der Waals surface area contributed by atoms with Crippen molar-refractivity contribution in [2.45, 2.75) is 56.5 Å². The third kappa shape index (κ3) is 4.17. The minimum atomic E-state index is -3.84. The monoisotopic (exact) mass is 455 g/mol. The number of anilines is 1. The van der Waals surface area contributed by atoms with Crippen molar-refractivity contribution in [1.29, 1.82) is 0 Å². The lowest BCUT2D eigenvalue weighted by Crippen LogP contribution is -2.40. The predicted octanol–water partition coefficient (Wildman–Crippen LogP) is 2.80. The van der Waals surface area contributed by atoms with Crippen molar-refractivity contribution in [3.63, 3.8) is 0 Å². The Morgan fingerprint density at radius 3 is 2.66 bits per heavy atom. The molecule has 1 aliphatic heterocycles. The van der Waals surface area contributed by atoms with Gasteiger partial charge < -0.3 is 10.2 Å². The second-order valence-corrected chi connectivity index (χ2v) is 10.7. The molecule has 0 unspecified atom stereocenters. The number of benzene rings is 2. The molecular weight excluding hydrogens is 426 g/mol. The largest absolute Gasteiger partial charge is 0.348 e. The highest BCUT2D eigenvalue weighted by Gasteiger charge is 2.32. The third-order valence-corrected chi connectivity index (χ3v) is 8.18. The highest BCUT2D eigenvalue weighted by atomic mass is 32.2. The van der Waals surface area contributed by atoms with E-state index in [9.17, 15) is 18.0 Å². The van der Waals surface area contributed by atoms with Gasteiger partial charge in [-0.1, -0.05) is 24.3 Å². The van der Waals surface area contributed by atoms with Crippen molar-refractivity contribution in [3.8, 4) is 0 Å². The van der Waals surface area contributed by atoms with Crippen LogP contribution in [0.2, 0.25) is 0 Å². The van der Waals surface area contributed by atoms with Gasteiger partial charge in [0.2, 0.25) is 21.8 Å². The Labute approximate surface area is 189 Å². The Balaban J connectivity index is 1.47. The van der Waals surface area contributed by atoms with Crippen LogP contribution < -0.4 is 10.2 Å². The Morgan fingerprint density at radius 2 is 1.91 bits per heavy atom. The summed E-state index contributed by atoms with van der Waals surface area (Å²) in [6.07, 6.45) is 3.42. The maximum absolute atomic E-state index is 13.1. The van der Waals surface area contributed by atoms with Gasteiger partial charge in [0, 0.05) is 25.7 Å². The SMILES string of the molecule is CC(=O)N1c2ccc(S(=O)(=O)N(C)CC(=O)N[C@@H]3CCCc4ccccc43)cc2C[C@@H]1C. The van der Waals surface area contributed by atoms with Gasteiger partial charge in [-0.25, -0.2) is 8.42 Å². The molecule has 0 aromatic heterocycles. The van der Waals surface area contributed by atoms with Gasteiger partial charge in [0.1, 0.15) is 0 Å². The number of hydrogen-bond acceptors (Lipinski definition) is 4. The number of carbonyl (C=O) groups is 2. The fraction of sp³-hybridized carbons (Fsp3) is 0.417. The Hall–Kier alpha value is -2.71. The van der Waals surface area contributed by atoms with Gasteiger partial charge in [-0.15, -0.1) is 0 Å². The van der Waals surface area contributed by atoms with Crippen molar-refractivity contribution in [1.82, 2.24) is 9.62 Å². The lowest BCUT2D eigenvalue weighted by Gasteiger charge is -2.27. The Kier molecular flexibility index (Phi) is 6.09. The molecule has 4 rings (SSSR count). The highest BCUT2D eigenvalue weighted by Crippen LogP contribution is 2.34. The van der Waals surface area contributed by atoms with Crippen LogP contribution in [0.1, 0.15) is 49.4 Å². The number of amides is 2. The van der Waals surface area contributed by atoms with E-state index in [0.29, 0.717) is 6.42 Å². The average Bonchev–Trinajstić information content (AvgIpc) is 3.09. The maximum atomic E-state index is 13.1. The molecule has 32 heavy (non-hydrogen) atoms. The summed E-state index contributed by atoms with van der Waals surface area (Å²) in [6.45, 7) is 3.19. The lowest BCUT2D eigenvalue weighted by molar-refractivity contribution is -0.122. The maximum Gasteiger partial charge on any atom is 0.243 e. The number of carbonyl (C=O) groups excluding carboxylic acids is 2. The van der Waals surface area contributed by atoms with Gasteiger partial charge in [-0.2, -0.15) is 4.31 Å². The summed E-state index contributed by atoms with van der Waals surface area (Å²) < 4.78 is 27.3. The molecule has 1 N–H and O–H groups in total. The molecule has 2 atom stereocenters. The molecule has 0 saturated carbocycles. The van der Waals surface area contributed by atoms with Crippen molar-refractivity contribution in [2.75, 3.05) is 18.5 Å². The average molecular weight is 456 g/mol. The van der Waals surface area contributed by atoms with Crippen LogP contribution in [-0.2, 0) is 32.5 Å². The minimum Gasteiger partial charge on any atom is -0.348 e. The van der Waals surface area contributed by atoms with Crippen molar-refractivity contribution >= 4 is 27.5 Å². The van der Waals surface area contributed by atoms with Gasteiger partial charge in [0.25, 0.3) is 0 Å². The zero-order valence-corrected chi connectivity index (χ0v) is 19.5. The number of sulfonamides is 1. The molecule has 2 aliphatic rings. The summed E-state index contributed by atoms with van der Waals surface area (Å²) in [5.74, 6) is -0.389. The highest BCUT2D eigenvalue weighted by molar-refractivity contribution is 7.89. The van der Waals surface area contributed by atoms with Crippen LogP contribution in [0, 0.1) is 0 Å². The number of rotatable bonds is 5. The van der Waals surface area contributed by atoms with E-state index in [1.165, 1.54) is 25.6 Å². The second-order valence-electron chi connectivity index (χ2n) is 8.70. The number of hydrogen-bond donors (Lipinski definition) is 1. The predicted molar refractivity (Wildman–Crippen MR) is 123 cm³/mol. The molecule has 2 aromatic carbocycles. The first-order valence-electron chi connectivity index (χ1n) is 10.9. The number of aryl methyl sites for hydroxylation is 1. The van der Waals surface area contributed by atoms with Crippen molar-refractivity contribution < 1.29 is 18.0 Å². The van der Waals surface area contributed by atoms with Crippen LogP contribution in [0.25, 0.3) is 0 Å². The van der Waals surface area contributed by atoms with Gasteiger partial charge in [-0.3, -0.25) is 9.59 Å². The Morgan fingerprint density at radius 1 is 1.16 bits per heavy atom. The summed E-state index contributed by atoms with van der Waals surface area (Å²) in [4.78, 5) is 26.4. The van der Waals surface area contributed by atoms with Crippen LogP contribution in [0.15, 0.2) is 47.4 Å². The molecule has 0 spiro atoms. The molecule has 0 bridgehead atoms. The molecule has 8 heteroatoms. The van der Waals surface area contributed by atoms with Crippen molar-refractivity contribution in [3.05, 3.63) is 59.2 Å². The summed E-state index contributed by atoms with van der Waals surface area (Å²) in [5.41, 5.74) is 3.92. The molecule has 1 aliphatic carbocycles. The quantitative estimate of drug-likeness (QED) is 0.751. The van der Waals surface area contributed by atoms with E-state index in [2.05, 4.69) is 11.4 Å². The first kappa shape index (κ1) is 22.5. The smallest absolute Gasteiger partial charge is 0.243 e. The van der Waals surface area contributed by atoms with Gasteiger partial charge in [-0.05, 0) is 67.5 Å². The topological polar surface area (TPSA) is 86.8 Å². The molecule has 0 saturated heterocycles. The first-order chi connectivity index (χ1) is 15.2. The van der Waals surface area contributed by atoms with Crippen LogP contribution in [0.3, 0.4) is 0 Å². The number of fused-ring (bicyclic) bond motifs is 2. The number of likely N-dealkylation sites (N-methyl/N-ethyl adjacent to an activating group) is 1.